The molecule has 1 aliphatic rings. The van der Waals surface area contributed by atoms with Crippen LogP contribution in [0, 0.1) is 12.8 Å². The number of likely N-dealkylation sites (tertiary alicyclic amines) is 1. The first-order valence-corrected chi connectivity index (χ1v) is 7.08. The number of hydrogen-bond acceptors (Lipinski definition) is 2. The Bertz CT molecular complexity index is 544. The molecule has 0 aromatic heterocycles. The van der Waals surface area contributed by atoms with Gasteiger partial charge in [-0.1, -0.05) is 17.7 Å². The Balaban J connectivity index is 2.18. The van der Waals surface area contributed by atoms with Gasteiger partial charge < -0.3 is 10.0 Å². The predicted octanol–water partition coefficient (Wildman–Crippen LogP) is 2.97. The second-order valence-corrected chi connectivity index (χ2v) is 5.80. The lowest BCUT2D eigenvalue weighted by Gasteiger charge is -2.36. The lowest BCUT2D eigenvalue weighted by Crippen LogP contribution is -2.46. The third kappa shape index (κ3) is 2.96. The second-order valence-electron chi connectivity index (χ2n) is 5.37. The number of carbonyl (C=O) groups excluding carboxylic acids is 1. The number of piperidine rings is 1. The van der Waals surface area contributed by atoms with Crippen LogP contribution in [0.2, 0.25) is 5.02 Å². The van der Waals surface area contributed by atoms with E-state index in [0.717, 1.165) is 5.56 Å². The molecule has 1 aromatic carbocycles. The van der Waals surface area contributed by atoms with E-state index in [-0.39, 0.29) is 17.9 Å². The van der Waals surface area contributed by atoms with Gasteiger partial charge in [0, 0.05) is 23.2 Å². The molecule has 0 aliphatic carbocycles. The third-order valence-corrected chi connectivity index (χ3v) is 4.15. The van der Waals surface area contributed by atoms with Crippen LogP contribution in [0.4, 0.5) is 0 Å². The minimum Gasteiger partial charge on any atom is -0.481 e. The average molecular weight is 296 g/mol. The molecule has 20 heavy (non-hydrogen) atoms. The highest BCUT2D eigenvalue weighted by Crippen LogP contribution is 2.26. The van der Waals surface area contributed by atoms with E-state index in [1.807, 2.05) is 19.9 Å². The maximum absolute atomic E-state index is 12.6. The fraction of sp³-hybridized carbons (Fsp3) is 0.467. The molecule has 2 unspecified atom stereocenters. The Hall–Kier alpha value is -1.55. The zero-order valence-corrected chi connectivity index (χ0v) is 12.4. The molecule has 1 fully saturated rings. The molecule has 5 heteroatoms. The summed E-state index contributed by atoms with van der Waals surface area (Å²) in [4.78, 5) is 25.4. The predicted molar refractivity (Wildman–Crippen MR) is 77.0 cm³/mol. The summed E-state index contributed by atoms with van der Waals surface area (Å²) < 4.78 is 0. The van der Waals surface area contributed by atoms with Gasteiger partial charge in [0.2, 0.25) is 0 Å². The highest BCUT2D eigenvalue weighted by molar-refractivity contribution is 6.31. The van der Waals surface area contributed by atoms with Crippen LogP contribution in [0.15, 0.2) is 18.2 Å². The summed E-state index contributed by atoms with van der Waals surface area (Å²) in [7, 11) is 0. The number of rotatable bonds is 2. The quantitative estimate of drug-likeness (QED) is 0.912. The Morgan fingerprint density at radius 2 is 2.10 bits per heavy atom. The van der Waals surface area contributed by atoms with E-state index in [4.69, 9.17) is 16.7 Å². The van der Waals surface area contributed by atoms with Crippen molar-refractivity contribution in [2.24, 2.45) is 5.92 Å². The van der Waals surface area contributed by atoms with Crippen LogP contribution in [-0.4, -0.2) is 34.5 Å². The number of halogens is 1. The van der Waals surface area contributed by atoms with E-state index >= 15 is 0 Å². The summed E-state index contributed by atoms with van der Waals surface area (Å²) >= 11 is 5.95. The second kappa shape index (κ2) is 5.83. The number of carboxylic acids is 1. The van der Waals surface area contributed by atoms with Gasteiger partial charge in [-0.3, -0.25) is 9.59 Å². The van der Waals surface area contributed by atoms with Gasteiger partial charge in [-0.05, 0) is 44.4 Å². The maximum Gasteiger partial charge on any atom is 0.306 e. The first kappa shape index (κ1) is 14.9. The number of carboxylic acid groups (broad SMARTS) is 1. The monoisotopic (exact) mass is 295 g/mol. The highest BCUT2D eigenvalue weighted by Gasteiger charge is 2.32. The normalized spacial score (nSPS) is 22.6. The number of amides is 1. The van der Waals surface area contributed by atoms with Crippen molar-refractivity contribution in [3.63, 3.8) is 0 Å². The Morgan fingerprint density at radius 1 is 1.40 bits per heavy atom. The molecule has 0 bridgehead atoms. The summed E-state index contributed by atoms with van der Waals surface area (Å²) in [6.45, 7) is 4.24. The van der Waals surface area contributed by atoms with E-state index in [0.29, 0.717) is 30.0 Å². The molecule has 1 aromatic rings. The minimum absolute atomic E-state index is 0.0682. The van der Waals surface area contributed by atoms with Crippen LogP contribution in [0.1, 0.15) is 35.7 Å². The largest absolute Gasteiger partial charge is 0.481 e. The van der Waals surface area contributed by atoms with Crippen molar-refractivity contribution >= 4 is 23.5 Å². The van der Waals surface area contributed by atoms with Crippen LogP contribution in [0.5, 0.6) is 0 Å². The molecule has 0 saturated carbocycles. The molecular weight excluding hydrogens is 278 g/mol. The zero-order chi connectivity index (χ0) is 14.9. The van der Waals surface area contributed by atoms with Crippen LogP contribution in [0.25, 0.3) is 0 Å². The molecule has 0 radical (unpaired) electrons. The SMILES string of the molecule is Cc1ccc(Cl)cc1C(=O)N1CCC(C(=O)O)CC1C. The molecule has 0 spiro atoms. The van der Waals surface area contributed by atoms with Gasteiger partial charge in [0.25, 0.3) is 5.91 Å². The summed E-state index contributed by atoms with van der Waals surface area (Å²) in [5.41, 5.74) is 1.48. The lowest BCUT2D eigenvalue weighted by atomic mass is 9.91. The fourth-order valence-corrected chi connectivity index (χ4v) is 2.85. The van der Waals surface area contributed by atoms with E-state index in [9.17, 15) is 9.59 Å². The smallest absolute Gasteiger partial charge is 0.306 e. The van der Waals surface area contributed by atoms with Gasteiger partial charge >= 0.3 is 5.97 Å². The number of benzene rings is 1. The van der Waals surface area contributed by atoms with Crippen molar-refractivity contribution in [3.8, 4) is 0 Å². The summed E-state index contributed by atoms with van der Waals surface area (Å²) in [5.74, 6) is -1.20. The molecule has 1 saturated heterocycles. The molecular formula is C15H18ClNO3. The molecule has 108 valence electrons. The number of hydrogen-bond donors (Lipinski definition) is 1. The summed E-state index contributed by atoms with van der Waals surface area (Å²) in [5, 5.41) is 9.59. The average Bonchev–Trinajstić information content (AvgIpc) is 2.40. The summed E-state index contributed by atoms with van der Waals surface area (Å²) in [6.07, 6.45) is 1.01. The van der Waals surface area contributed by atoms with Crippen molar-refractivity contribution in [3.05, 3.63) is 34.3 Å². The topological polar surface area (TPSA) is 57.6 Å². The van der Waals surface area contributed by atoms with Crippen LogP contribution < -0.4 is 0 Å². The number of carbonyl (C=O) groups is 2. The number of nitrogens with zero attached hydrogens (tertiary/aromatic N) is 1. The van der Waals surface area contributed by atoms with Crippen LogP contribution in [0.3, 0.4) is 0 Å². The summed E-state index contributed by atoms with van der Waals surface area (Å²) in [6, 6.07) is 5.18. The van der Waals surface area contributed by atoms with Gasteiger partial charge in [0.05, 0.1) is 5.92 Å². The van der Waals surface area contributed by atoms with E-state index < -0.39 is 5.97 Å². The van der Waals surface area contributed by atoms with Gasteiger partial charge in [-0.15, -0.1) is 0 Å². The Labute approximate surface area is 123 Å². The van der Waals surface area contributed by atoms with Crippen molar-refractivity contribution < 1.29 is 14.7 Å². The van der Waals surface area contributed by atoms with E-state index in [1.165, 1.54) is 0 Å². The van der Waals surface area contributed by atoms with Crippen LogP contribution in [-0.2, 0) is 4.79 Å². The minimum atomic E-state index is -0.775. The molecule has 1 amide bonds. The van der Waals surface area contributed by atoms with E-state index in [1.54, 1.807) is 17.0 Å². The lowest BCUT2D eigenvalue weighted by molar-refractivity contribution is -0.143. The fourth-order valence-electron chi connectivity index (χ4n) is 2.68. The standard InChI is InChI=1S/C15H18ClNO3/c1-9-3-4-12(16)8-13(9)14(18)17-6-5-11(15(19)20)7-10(17)2/h3-4,8,10-11H,5-7H2,1-2H3,(H,19,20). The number of aliphatic carboxylic acids is 1. The zero-order valence-electron chi connectivity index (χ0n) is 11.6. The van der Waals surface area contributed by atoms with Gasteiger partial charge in [0.1, 0.15) is 0 Å². The first-order chi connectivity index (χ1) is 9.40. The van der Waals surface area contributed by atoms with E-state index in [2.05, 4.69) is 0 Å². The molecule has 1 heterocycles. The third-order valence-electron chi connectivity index (χ3n) is 3.92. The van der Waals surface area contributed by atoms with Crippen LogP contribution >= 0.6 is 11.6 Å². The molecule has 2 rings (SSSR count). The highest BCUT2D eigenvalue weighted by atomic mass is 35.5. The molecule has 1 aliphatic heterocycles. The van der Waals surface area contributed by atoms with Crippen molar-refractivity contribution in [1.82, 2.24) is 4.90 Å². The molecule has 4 nitrogen and oxygen atoms in total. The van der Waals surface area contributed by atoms with Gasteiger partial charge in [-0.25, -0.2) is 0 Å². The molecule has 1 N–H and O–H groups in total. The Kier molecular flexibility index (Phi) is 4.33. The maximum atomic E-state index is 12.6. The number of aryl methyl sites for hydroxylation is 1. The van der Waals surface area contributed by atoms with Crippen molar-refractivity contribution in [1.29, 1.82) is 0 Å². The van der Waals surface area contributed by atoms with Gasteiger partial charge in [-0.2, -0.15) is 0 Å². The molecule has 2 atom stereocenters. The van der Waals surface area contributed by atoms with Gasteiger partial charge in [0.15, 0.2) is 0 Å². The first-order valence-electron chi connectivity index (χ1n) is 6.70. The van der Waals surface area contributed by atoms with Crippen molar-refractivity contribution in [2.45, 2.75) is 32.7 Å². The Morgan fingerprint density at radius 3 is 2.70 bits per heavy atom. The van der Waals surface area contributed by atoms with Crippen molar-refractivity contribution in [2.75, 3.05) is 6.54 Å².